The van der Waals surface area contributed by atoms with Gasteiger partial charge in [0, 0.05) is 19.6 Å². The molecule has 15 nitrogen and oxygen atoms in total. The van der Waals surface area contributed by atoms with Gasteiger partial charge in [-0.1, -0.05) is 13.8 Å². The summed E-state index contributed by atoms with van der Waals surface area (Å²) in [6.45, 7) is 5.45. The molecule has 0 rings (SSSR count). The normalized spacial score (nSPS) is 16.1. The largest absolute Gasteiger partial charge is 0.449 e. The van der Waals surface area contributed by atoms with Gasteiger partial charge in [0.1, 0.15) is 20.2 Å². The Kier molecular flexibility index (Phi) is 19.2. The molecule has 0 aromatic heterocycles. The molecule has 0 aromatic carbocycles. The molecule has 0 fully saturated rings. The van der Waals surface area contributed by atoms with Crippen LogP contribution in [0.1, 0.15) is 60.3 Å². The van der Waals surface area contributed by atoms with Crippen molar-refractivity contribution in [3.05, 3.63) is 0 Å². The van der Waals surface area contributed by atoms with E-state index in [9.17, 15) is 34.8 Å². The zero-order chi connectivity index (χ0) is 32.4. The number of nitrogens with zero attached hydrogens (tertiary/aromatic N) is 3. The predicted molar refractivity (Wildman–Crippen MR) is 150 cm³/mol. The molecule has 248 valence electrons. The Morgan fingerprint density at radius 1 is 0.524 bits per heavy atom. The summed E-state index contributed by atoms with van der Waals surface area (Å²) in [5, 5.41) is 55.9. The molecule has 0 radical (unpaired) electrons. The summed E-state index contributed by atoms with van der Waals surface area (Å²) in [6, 6.07) is 0. The van der Waals surface area contributed by atoms with Crippen molar-refractivity contribution in [2.75, 3.05) is 79.8 Å². The third-order valence-corrected chi connectivity index (χ3v) is 7.58. The lowest BCUT2D eigenvalue weighted by molar-refractivity contribution is -0.176. The molecular weight excluding hydrogens is 558 g/mol. The Balaban J connectivity index is 6.22. The molecule has 0 aliphatic carbocycles. The van der Waals surface area contributed by atoms with E-state index in [0.29, 0.717) is 0 Å². The van der Waals surface area contributed by atoms with Crippen LogP contribution in [0.3, 0.4) is 0 Å². The average molecular weight is 612 g/mol. The predicted octanol–water partition coefficient (Wildman–Crippen LogP) is -1.16. The first-order valence-electron chi connectivity index (χ1n) is 14.1. The van der Waals surface area contributed by atoms with E-state index in [4.69, 9.17) is 24.4 Å². The molecule has 0 saturated heterocycles. The van der Waals surface area contributed by atoms with Crippen molar-refractivity contribution in [2.45, 2.75) is 60.3 Å². The van der Waals surface area contributed by atoms with Gasteiger partial charge in [-0.25, -0.2) is 14.7 Å². The first-order valence-corrected chi connectivity index (χ1v) is 14.1. The number of aliphatic hydroxyl groups is 6. The Hall–Kier alpha value is -1.95. The lowest BCUT2D eigenvalue weighted by Gasteiger charge is -2.41. The third kappa shape index (κ3) is 12.7. The van der Waals surface area contributed by atoms with Crippen molar-refractivity contribution < 1.29 is 59.2 Å². The fourth-order valence-electron chi connectivity index (χ4n) is 4.54. The molecule has 0 aromatic rings. The van der Waals surface area contributed by atoms with Crippen molar-refractivity contribution in [3.63, 3.8) is 0 Å². The average Bonchev–Trinajstić information content (AvgIpc) is 2.98. The number of esters is 3. The van der Waals surface area contributed by atoms with E-state index in [1.165, 1.54) is 14.7 Å². The third-order valence-electron chi connectivity index (χ3n) is 7.58. The fraction of sp³-hybridized carbons (Fsp3) is 0.889. The molecule has 0 amide bonds. The number of carbonyl (C=O) groups excluding carboxylic acids is 3. The zero-order valence-corrected chi connectivity index (χ0v) is 25.8. The first-order chi connectivity index (χ1) is 19.8. The van der Waals surface area contributed by atoms with E-state index >= 15 is 0 Å². The van der Waals surface area contributed by atoms with Crippen LogP contribution >= 0.6 is 0 Å². The molecular formula is C27H53N3O12. The van der Waals surface area contributed by atoms with E-state index in [1.54, 1.807) is 34.6 Å². The second-order valence-corrected chi connectivity index (χ2v) is 11.2. The summed E-state index contributed by atoms with van der Waals surface area (Å²) in [5.41, 5.74) is -3.91. The Morgan fingerprint density at radius 3 is 1.00 bits per heavy atom. The second-order valence-electron chi connectivity index (χ2n) is 11.2. The summed E-state index contributed by atoms with van der Waals surface area (Å²) < 4.78 is 16.4. The molecule has 0 aliphatic rings. The standard InChI is InChI=1S/C27H53N3O12/c1-6-25(3,22(37)40-19-28(16-34)8-11-31)14-27(5,24(39)42-21-30(18-36)10-13-33)15-26(4,7-2)23(38)41-20-29(17-35)9-12-32/h31-36H,6-21H2,1-5H3. The van der Waals surface area contributed by atoms with E-state index in [1.807, 2.05) is 0 Å². The van der Waals surface area contributed by atoms with E-state index < -0.39 is 54.3 Å². The maximum atomic E-state index is 13.7. The van der Waals surface area contributed by atoms with Crippen molar-refractivity contribution in [1.82, 2.24) is 14.7 Å². The molecule has 0 spiro atoms. The molecule has 0 heterocycles. The summed E-state index contributed by atoms with van der Waals surface area (Å²) in [7, 11) is 0. The molecule has 15 heteroatoms. The number of ether oxygens (including phenoxy) is 3. The van der Waals surface area contributed by atoms with Crippen LogP contribution in [0, 0.1) is 16.2 Å². The number of hydrogen-bond donors (Lipinski definition) is 6. The van der Waals surface area contributed by atoms with Gasteiger partial charge in [-0.2, -0.15) is 0 Å². The van der Waals surface area contributed by atoms with Crippen molar-refractivity contribution in [3.8, 4) is 0 Å². The summed E-state index contributed by atoms with van der Waals surface area (Å²) in [5.74, 6) is -2.05. The molecule has 0 bridgehead atoms. The van der Waals surface area contributed by atoms with Crippen LogP contribution in [0.5, 0.6) is 0 Å². The van der Waals surface area contributed by atoms with Crippen LogP contribution in [0.25, 0.3) is 0 Å². The van der Waals surface area contributed by atoms with Crippen LogP contribution in [-0.4, -0.2) is 143 Å². The molecule has 6 N–H and O–H groups in total. The number of rotatable bonds is 24. The Bertz CT molecular complexity index is 758. The van der Waals surface area contributed by atoms with E-state index in [-0.39, 0.29) is 85.3 Å². The van der Waals surface area contributed by atoms with Gasteiger partial charge in [-0.05, 0) is 46.5 Å². The van der Waals surface area contributed by atoms with Crippen LogP contribution in [0.15, 0.2) is 0 Å². The summed E-state index contributed by atoms with van der Waals surface area (Å²) >= 11 is 0. The number of aliphatic hydroxyl groups excluding tert-OH is 6. The minimum absolute atomic E-state index is 0.0445. The molecule has 0 aliphatic heterocycles. The van der Waals surface area contributed by atoms with Crippen LogP contribution in [0.2, 0.25) is 0 Å². The van der Waals surface area contributed by atoms with Crippen LogP contribution in [-0.2, 0) is 28.6 Å². The maximum absolute atomic E-state index is 13.7. The van der Waals surface area contributed by atoms with Gasteiger partial charge in [-0.15, -0.1) is 0 Å². The van der Waals surface area contributed by atoms with Gasteiger partial charge in [0.25, 0.3) is 0 Å². The lowest BCUT2D eigenvalue weighted by Crippen LogP contribution is -2.46. The molecule has 0 saturated carbocycles. The van der Waals surface area contributed by atoms with Gasteiger partial charge >= 0.3 is 17.9 Å². The quantitative estimate of drug-likeness (QED) is 0.0432. The summed E-state index contributed by atoms with van der Waals surface area (Å²) in [4.78, 5) is 44.2. The SMILES string of the molecule is CCC(C)(CC(C)(CC(C)(CC)C(=O)OCN(CO)CCO)C(=O)OCN(CO)CCO)C(=O)OCN(CO)CCO. The topological polar surface area (TPSA) is 210 Å². The highest BCUT2D eigenvalue weighted by Crippen LogP contribution is 2.47. The smallest absolute Gasteiger partial charge is 0.313 e. The van der Waals surface area contributed by atoms with Gasteiger partial charge in [-0.3, -0.25) is 14.4 Å². The second kappa shape index (κ2) is 20.1. The molecule has 42 heavy (non-hydrogen) atoms. The minimum Gasteiger partial charge on any atom is -0.449 e. The van der Waals surface area contributed by atoms with Gasteiger partial charge in [0.05, 0.1) is 56.3 Å². The highest BCUT2D eigenvalue weighted by molar-refractivity contribution is 5.82. The monoisotopic (exact) mass is 611 g/mol. The minimum atomic E-state index is -1.45. The highest BCUT2D eigenvalue weighted by atomic mass is 16.6. The van der Waals surface area contributed by atoms with Crippen molar-refractivity contribution >= 4 is 17.9 Å². The lowest BCUT2D eigenvalue weighted by atomic mass is 9.64. The highest BCUT2D eigenvalue weighted by Gasteiger charge is 2.51. The summed E-state index contributed by atoms with van der Waals surface area (Å²) in [6.07, 6.45) is 0.313. The van der Waals surface area contributed by atoms with Gasteiger partial charge in [0.15, 0.2) is 0 Å². The Morgan fingerprint density at radius 2 is 0.786 bits per heavy atom. The molecule has 2 atom stereocenters. The fourth-order valence-corrected chi connectivity index (χ4v) is 4.54. The van der Waals surface area contributed by atoms with E-state index in [0.717, 1.165) is 0 Å². The number of hydrogen-bond acceptors (Lipinski definition) is 15. The van der Waals surface area contributed by atoms with Gasteiger partial charge in [0.2, 0.25) is 0 Å². The van der Waals surface area contributed by atoms with Crippen molar-refractivity contribution in [1.29, 1.82) is 0 Å². The van der Waals surface area contributed by atoms with Crippen LogP contribution in [0.4, 0.5) is 0 Å². The molecule has 2 unspecified atom stereocenters. The Labute approximate surface area is 248 Å². The zero-order valence-electron chi connectivity index (χ0n) is 25.8. The van der Waals surface area contributed by atoms with Crippen molar-refractivity contribution in [2.24, 2.45) is 16.2 Å². The first kappa shape index (κ1) is 40.1. The number of carbonyl (C=O) groups is 3. The van der Waals surface area contributed by atoms with Gasteiger partial charge < -0.3 is 44.8 Å². The van der Waals surface area contributed by atoms with Crippen LogP contribution < -0.4 is 0 Å². The van der Waals surface area contributed by atoms with E-state index in [2.05, 4.69) is 0 Å². The maximum Gasteiger partial charge on any atom is 0.313 e.